The van der Waals surface area contributed by atoms with E-state index in [4.69, 9.17) is 0 Å². The van der Waals surface area contributed by atoms with Crippen LogP contribution in [0.25, 0.3) is 10.9 Å². The molecule has 2 fully saturated rings. The molecule has 1 saturated heterocycles. The van der Waals surface area contributed by atoms with Gasteiger partial charge in [-0.25, -0.2) is 0 Å². The van der Waals surface area contributed by atoms with Gasteiger partial charge < -0.3 is 9.88 Å². The minimum atomic E-state index is 0.249. The quantitative estimate of drug-likeness (QED) is 0.862. The number of H-pyrrole nitrogens is 1. The summed E-state index contributed by atoms with van der Waals surface area (Å²) in [5.41, 5.74) is 2.13. The van der Waals surface area contributed by atoms with Crippen LogP contribution in [-0.2, 0) is 11.2 Å². The summed E-state index contributed by atoms with van der Waals surface area (Å²) in [5, 5.41) is 1.18. The fourth-order valence-corrected chi connectivity index (χ4v) is 5.12. The molecule has 1 saturated carbocycles. The monoisotopic (exact) mass is 349 g/mol. The first-order valence-electron chi connectivity index (χ1n) is 10.00. The Morgan fingerprint density at radius 2 is 1.92 bits per heavy atom. The Morgan fingerprint density at radius 3 is 2.65 bits per heavy atom. The second kappa shape index (κ2) is 6.58. The zero-order valence-corrected chi connectivity index (χ0v) is 15.2. The molecule has 136 valence electrons. The lowest BCUT2D eigenvalue weighted by atomic mass is 9.93. The van der Waals surface area contributed by atoms with Crippen LogP contribution < -0.4 is 0 Å². The highest BCUT2D eigenvalue weighted by Gasteiger charge is 2.36. The average molecular weight is 349 g/mol. The first kappa shape index (κ1) is 16.1. The average Bonchev–Trinajstić information content (AvgIpc) is 3.36. The number of fused-ring (bicyclic) bond motifs is 3. The number of amides is 1. The van der Waals surface area contributed by atoms with Crippen LogP contribution in [-0.4, -0.2) is 53.4 Å². The molecule has 2 heterocycles. The van der Waals surface area contributed by atoms with Gasteiger partial charge in [0.25, 0.3) is 0 Å². The summed E-state index contributed by atoms with van der Waals surface area (Å²) >= 11 is 0. The number of nitrogens with zero attached hydrogens (tertiary/aromatic N) is 2. The molecule has 1 aliphatic heterocycles. The van der Waals surface area contributed by atoms with Gasteiger partial charge in [0.2, 0.25) is 5.91 Å². The fourth-order valence-electron chi connectivity index (χ4n) is 5.12. The highest BCUT2D eigenvalue weighted by Crippen LogP contribution is 2.43. The van der Waals surface area contributed by atoms with E-state index in [1.54, 1.807) is 0 Å². The van der Waals surface area contributed by atoms with Gasteiger partial charge in [0.15, 0.2) is 0 Å². The van der Waals surface area contributed by atoms with Crippen molar-refractivity contribution in [3.8, 4) is 0 Å². The predicted octanol–water partition coefficient (Wildman–Crippen LogP) is 3.07. The molecule has 1 aromatic heterocycles. The van der Waals surface area contributed by atoms with E-state index in [0.717, 1.165) is 55.1 Å². The van der Waals surface area contributed by atoms with Crippen LogP contribution in [0.5, 0.6) is 0 Å². The summed E-state index contributed by atoms with van der Waals surface area (Å²) in [6.45, 7) is 5.01. The lowest BCUT2D eigenvalue weighted by Crippen LogP contribution is -2.50. The Hall–Kier alpha value is -2.07. The first-order chi connectivity index (χ1) is 12.7. The Morgan fingerprint density at radius 1 is 1.08 bits per heavy atom. The van der Waals surface area contributed by atoms with Gasteiger partial charge in [0, 0.05) is 43.9 Å². The third kappa shape index (κ3) is 3.07. The highest BCUT2D eigenvalue weighted by molar-refractivity contribution is 5.84. The third-order valence-electron chi connectivity index (χ3n) is 6.56. The number of para-hydroxylation sites is 1. The number of hydrogen-bond donors (Lipinski definition) is 1. The summed E-state index contributed by atoms with van der Waals surface area (Å²) in [6.07, 6.45) is 8.10. The van der Waals surface area contributed by atoms with Crippen molar-refractivity contribution in [2.24, 2.45) is 17.8 Å². The van der Waals surface area contributed by atoms with Crippen molar-refractivity contribution < 1.29 is 4.79 Å². The summed E-state index contributed by atoms with van der Waals surface area (Å²) < 4.78 is 0. The SMILES string of the molecule is O=C(Cc1cc2ccccc2[nH]1)N1CCN(CC2CC3C=CC2C3)CC1. The first-order valence-corrected chi connectivity index (χ1v) is 10.00. The van der Waals surface area contributed by atoms with E-state index >= 15 is 0 Å². The number of aromatic amines is 1. The van der Waals surface area contributed by atoms with Gasteiger partial charge in [0.1, 0.15) is 0 Å². The van der Waals surface area contributed by atoms with Crippen molar-refractivity contribution in [2.45, 2.75) is 19.3 Å². The Labute approximate surface area is 154 Å². The van der Waals surface area contributed by atoms with E-state index in [1.807, 2.05) is 17.0 Å². The molecule has 3 atom stereocenters. The van der Waals surface area contributed by atoms with Gasteiger partial charge in [-0.2, -0.15) is 0 Å². The van der Waals surface area contributed by atoms with Crippen LogP contribution in [0.4, 0.5) is 0 Å². The molecule has 1 N–H and O–H groups in total. The van der Waals surface area contributed by atoms with E-state index < -0.39 is 0 Å². The number of carbonyl (C=O) groups is 1. The van der Waals surface area contributed by atoms with Gasteiger partial charge in [0.05, 0.1) is 6.42 Å². The summed E-state index contributed by atoms with van der Waals surface area (Å²) in [4.78, 5) is 20.7. The Bertz CT molecular complexity index is 798. The molecule has 0 spiro atoms. The molecule has 3 aliphatic rings. The van der Waals surface area contributed by atoms with E-state index in [2.05, 4.69) is 40.2 Å². The largest absolute Gasteiger partial charge is 0.358 e. The van der Waals surface area contributed by atoms with Crippen molar-refractivity contribution in [3.63, 3.8) is 0 Å². The molecule has 4 nitrogen and oxygen atoms in total. The lowest BCUT2D eigenvalue weighted by Gasteiger charge is -2.37. The number of allylic oxidation sites excluding steroid dienone is 2. The molecule has 0 radical (unpaired) electrons. The van der Waals surface area contributed by atoms with Gasteiger partial charge in [-0.3, -0.25) is 9.69 Å². The number of hydrogen-bond acceptors (Lipinski definition) is 2. The number of benzene rings is 1. The molecule has 1 amide bonds. The minimum Gasteiger partial charge on any atom is -0.358 e. The smallest absolute Gasteiger partial charge is 0.228 e. The van der Waals surface area contributed by atoms with E-state index in [0.29, 0.717) is 6.42 Å². The standard InChI is InChI=1S/C22H27N3O/c26-22(14-20-13-18-3-1-2-4-21(18)23-20)25-9-7-24(8-10-25)15-19-12-16-5-6-17(19)11-16/h1-6,13,16-17,19,23H,7-12,14-15H2. The number of piperazine rings is 1. The van der Waals surface area contributed by atoms with Gasteiger partial charge in [-0.15, -0.1) is 0 Å². The predicted molar refractivity (Wildman–Crippen MR) is 104 cm³/mol. The molecule has 4 heteroatoms. The van der Waals surface area contributed by atoms with Crippen molar-refractivity contribution >= 4 is 16.8 Å². The fraction of sp³-hybridized carbons (Fsp3) is 0.500. The number of nitrogens with one attached hydrogen (secondary N) is 1. The second-order valence-electron chi connectivity index (χ2n) is 8.28. The summed E-state index contributed by atoms with van der Waals surface area (Å²) in [7, 11) is 0. The van der Waals surface area contributed by atoms with E-state index in [-0.39, 0.29) is 5.91 Å². The summed E-state index contributed by atoms with van der Waals surface area (Å²) in [6, 6.07) is 10.3. The Kier molecular flexibility index (Phi) is 4.08. The van der Waals surface area contributed by atoms with Crippen molar-refractivity contribution in [3.05, 3.63) is 48.2 Å². The maximum Gasteiger partial charge on any atom is 0.228 e. The van der Waals surface area contributed by atoms with Gasteiger partial charge in [-0.1, -0.05) is 30.4 Å². The number of carbonyl (C=O) groups excluding carboxylic acids is 1. The molecule has 3 unspecified atom stereocenters. The normalized spacial score (nSPS) is 28.3. The minimum absolute atomic E-state index is 0.249. The van der Waals surface area contributed by atoms with Crippen LogP contribution in [0.1, 0.15) is 18.5 Å². The summed E-state index contributed by atoms with van der Waals surface area (Å²) in [5.74, 6) is 2.77. The van der Waals surface area contributed by atoms with Crippen LogP contribution in [0.15, 0.2) is 42.5 Å². The number of rotatable bonds is 4. The third-order valence-corrected chi connectivity index (χ3v) is 6.56. The van der Waals surface area contributed by atoms with E-state index in [1.165, 1.54) is 24.8 Å². The molecule has 2 aromatic rings. The van der Waals surface area contributed by atoms with Crippen LogP contribution >= 0.6 is 0 Å². The number of aromatic nitrogens is 1. The molecule has 5 rings (SSSR count). The van der Waals surface area contributed by atoms with Crippen molar-refractivity contribution in [1.29, 1.82) is 0 Å². The molecular weight excluding hydrogens is 322 g/mol. The molecule has 2 bridgehead atoms. The molecule has 1 aromatic carbocycles. The van der Waals surface area contributed by atoms with Gasteiger partial charge in [-0.05, 0) is 48.1 Å². The van der Waals surface area contributed by atoms with Gasteiger partial charge >= 0.3 is 0 Å². The zero-order valence-electron chi connectivity index (χ0n) is 15.2. The van der Waals surface area contributed by atoms with E-state index in [9.17, 15) is 4.79 Å². The molecular formula is C22H27N3O. The zero-order chi connectivity index (χ0) is 17.5. The highest BCUT2D eigenvalue weighted by atomic mass is 16.2. The molecule has 2 aliphatic carbocycles. The van der Waals surface area contributed by atoms with Crippen molar-refractivity contribution in [1.82, 2.24) is 14.8 Å². The topological polar surface area (TPSA) is 39.3 Å². The second-order valence-corrected chi connectivity index (χ2v) is 8.28. The maximum absolute atomic E-state index is 12.7. The molecule has 26 heavy (non-hydrogen) atoms. The van der Waals surface area contributed by atoms with Crippen molar-refractivity contribution in [2.75, 3.05) is 32.7 Å². The van der Waals surface area contributed by atoms with Crippen LogP contribution in [0.3, 0.4) is 0 Å². The van der Waals surface area contributed by atoms with Crippen LogP contribution in [0, 0.1) is 17.8 Å². The lowest BCUT2D eigenvalue weighted by molar-refractivity contribution is -0.132. The van der Waals surface area contributed by atoms with Crippen LogP contribution in [0.2, 0.25) is 0 Å². The Balaban J connectivity index is 1.14. The maximum atomic E-state index is 12.7.